The predicted molar refractivity (Wildman–Crippen MR) is 47.7 cm³/mol. The van der Waals surface area contributed by atoms with Crippen LogP contribution in [0.15, 0.2) is 4.99 Å². The average molecular weight is 167 g/mol. The van der Waals surface area contributed by atoms with Gasteiger partial charge in [0.1, 0.15) is 0 Å². The predicted octanol–water partition coefficient (Wildman–Crippen LogP) is 0.613. The van der Waals surface area contributed by atoms with Crippen molar-refractivity contribution in [1.29, 1.82) is 0 Å². The molecule has 2 unspecified atom stereocenters. The van der Waals surface area contributed by atoms with Crippen molar-refractivity contribution < 1.29 is 4.74 Å². The maximum atomic E-state index is 5.61. The third-order valence-corrected chi connectivity index (χ3v) is 2.45. The van der Waals surface area contributed by atoms with Crippen LogP contribution in [0.1, 0.15) is 19.3 Å². The molecule has 0 aromatic rings. The van der Waals surface area contributed by atoms with E-state index >= 15 is 0 Å². The number of nitrogens with zero attached hydrogens (tertiary/aromatic N) is 2. The monoisotopic (exact) mass is 167 g/mol. The van der Waals surface area contributed by atoms with E-state index in [1.165, 1.54) is 12.8 Å². The van der Waals surface area contributed by atoms with Crippen molar-refractivity contribution in [2.24, 2.45) is 4.99 Å². The third-order valence-electron chi connectivity index (χ3n) is 2.45. The minimum atomic E-state index is 0.273. The van der Waals surface area contributed by atoms with Crippen LogP contribution in [0.5, 0.6) is 0 Å². The van der Waals surface area contributed by atoms with Crippen molar-refractivity contribution in [2.75, 3.05) is 19.7 Å². The topological polar surface area (TPSA) is 35.7 Å². The first kappa shape index (κ1) is 8.20. The molecule has 2 aliphatic rings. The summed E-state index contributed by atoms with van der Waals surface area (Å²) < 4.78 is 5.61. The normalized spacial score (nSPS) is 36.7. The summed E-state index contributed by atoms with van der Waals surface area (Å²) in [7, 11) is 0. The Morgan fingerprint density at radius 1 is 1.42 bits per heavy atom. The molecule has 3 nitrogen and oxygen atoms in total. The first-order chi connectivity index (χ1) is 5.97. The fraction of sp³-hybridized carbons (Fsp3) is 0.889. The van der Waals surface area contributed by atoms with Gasteiger partial charge in [-0.3, -0.25) is 4.99 Å². The molecule has 67 valence electrons. The van der Waals surface area contributed by atoms with Crippen molar-refractivity contribution in [2.45, 2.75) is 31.4 Å². The molecule has 2 atom stereocenters. The van der Waals surface area contributed by atoms with Gasteiger partial charge in [-0.25, -0.2) is 5.32 Å². The molecule has 2 heterocycles. The van der Waals surface area contributed by atoms with Gasteiger partial charge < -0.3 is 4.74 Å². The zero-order valence-corrected chi connectivity index (χ0v) is 7.28. The van der Waals surface area contributed by atoms with Gasteiger partial charge in [-0.15, -0.1) is 0 Å². The highest BCUT2D eigenvalue weighted by molar-refractivity contribution is 5.58. The number of hydrogen-bond donors (Lipinski definition) is 0. The molecule has 0 spiro atoms. The van der Waals surface area contributed by atoms with E-state index in [9.17, 15) is 0 Å². The quantitative estimate of drug-likeness (QED) is 0.563. The SMILES string of the molecule is C1=NC(C2C[N]CCO2)CCC1. The van der Waals surface area contributed by atoms with Gasteiger partial charge in [0.05, 0.1) is 18.8 Å². The number of hydrogen-bond acceptors (Lipinski definition) is 2. The van der Waals surface area contributed by atoms with Crippen LogP contribution in [0.3, 0.4) is 0 Å². The van der Waals surface area contributed by atoms with E-state index < -0.39 is 0 Å². The Labute approximate surface area is 73.2 Å². The molecule has 1 fully saturated rings. The van der Waals surface area contributed by atoms with Crippen LogP contribution in [-0.2, 0) is 4.74 Å². The van der Waals surface area contributed by atoms with Crippen LogP contribution in [0.25, 0.3) is 0 Å². The fourth-order valence-electron chi connectivity index (χ4n) is 1.76. The van der Waals surface area contributed by atoms with Gasteiger partial charge in [0.25, 0.3) is 0 Å². The zero-order chi connectivity index (χ0) is 8.23. The third kappa shape index (κ3) is 1.84. The largest absolute Gasteiger partial charge is 0.373 e. The highest BCUT2D eigenvalue weighted by Gasteiger charge is 2.24. The zero-order valence-electron chi connectivity index (χ0n) is 7.28. The van der Waals surface area contributed by atoms with Crippen LogP contribution in [0.2, 0.25) is 0 Å². The summed E-state index contributed by atoms with van der Waals surface area (Å²) in [5, 5.41) is 4.33. The molecular formula is C9H15N2O. The van der Waals surface area contributed by atoms with Crippen molar-refractivity contribution in [3.63, 3.8) is 0 Å². The number of ether oxygens (including phenoxy) is 1. The second kappa shape index (κ2) is 4.01. The minimum absolute atomic E-state index is 0.273. The lowest BCUT2D eigenvalue weighted by molar-refractivity contribution is 0.00920. The van der Waals surface area contributed by atoms with Gasteiger partial charge in [0.2, 0.25) is 0 Å². The molecule has 0 amide bonds. The molecule has 2 rings (SSSR count). The molecular weight excluding hydrogens is 152 g/mol. The molecule has 2 aliphatic heterocycles. The number of morpholine rings is 1. The van der Waals surface area contributed by atoms with E-state index in [1.807, 2.05) is 6.21 Å². The molecule has 0 saturated carbocycles. The summed E-state index contributed by atoms with van der Waals surface area (Å²) in [6, 6.07) is 0.391. The van der Waals surface area contributed by atoms with E-state index in [1.54, 1.807) is 0 Å². The first-order valence-corrected chi connectivity index (χ1v) is 4.73. The van der Waals surface area contributed by atoms with Crippen LogP contribution >= 0.6 is 0 Å². The summed E-state index contributed by atoms with van der Waals surface area (Å²) in [6.45, 7) is 2.51. The molecule has 12 heavy (non-hydrogen) atoms. The van der Waals surface area contributed by atoms with E-state index in [0.717, 1.165) is 26.1 Å². The van der Waals surface area contributed by atoms with Crippen molar-refractivity contribution in [3.8, 4) is 0 Å². The second-order valence-electron chi connectivity index (χ2n) is 3.37. The smallest absolute Gasteiger partial charge is 0.0939 e. The fourth-order valence-corrected chi connectivity index (χ4v) is 1.76. The molecule has 0 aromatic heterocycles. The van der Waals surface area contributed by atoms with E-state index in [-0.39, 0.29) is 6.10 Å². The Bertz CT molecular complexity index is 164. The average Bonchev–Trinajstić information content (AvgIpc) is 2.21. The van der Waals surface area contributed by atoms with E-state index in [2.05, 4.69) is 10.3 Å². The van der Waals surface area contributed by atoms with Gasteiger partial charge in [0, 0.05) is 13.1 Å². The highest BCUT2D eigenvalue weighted by Crippen LogP contribution is 2.16. The Morgan fingerprint density at radius 3 is 3.08 bits per heavy atom. The molecule has 1 radical (unpaired) electrons. The Kier molecular flexibility index (Phi) is 2.74. The Balaban J connectivity index is 1.88. The molecule has 3 heteroatoms. The molecule has 1 saturated heterocycles. The van der Waals surface area contributed by atoms with Crippen molar-refractivity contribution in [1.82, 2.24) is 5.32 Å². The van der Waals surface area contributed by atoms with Gasteiger partial charge in [-0.05, 0) is 25.5 Å². The van der Waals surface area contributed by atoms with E-state index in [4.69, 9.17) is 4.74 Å². The van der Waals surface area contributed by atoms with E-state index in [0.29, 0.717) is 6.04 Å². The summed E-state index contributed by atoms with van der Waals surface area (Å²) in [4.78, 5) is 4.44. The van der Waals surface area contributed by atoms with Gasteiger partial charge in [0.15, 0.2) is 0 Å². The summed E-state index contributed by atoms with van der Waals surface area (Å²) >= 11 is 0. The first-order valence-electron chi connectivity index (χ1n) is 4.73. The number of aliphatic imine (C=N–C) groups is 1. The molecule has 0 aliphatic carbocycles. The van der Waals surface area contributed by atoms with Crippen LogP contribution < -0.4 is 5.32 Å². The Morgan fingerprint density at radius 2 is 2.42 bits per heavy atom. The molecule has 0 aromatic carbocycles. The van der Waals surface area contributed by atoms with Crippen LogP contribution in [0, 0.1) is 0 Å². The number of rotatable bonds is 1. The van der Waals surface area contributed by atoms with Crippen molar-refractivity contribution in [3.05, 3.63) is 0 Å². The highest BCUT2D eigenvalue weighted by atomic mass is 16.5. The molecule has 0 bridgehead atoms. The standard InChI is InChI=1S/C9H15N2O/c1-2-4-11-8(3-1)9-7-10-5-6-12-9/h4,8-9H,1-3,5-7H2. The van der Waals surface area contributed by atoms with Crippen LogP contribution in [0.4, 0.5) is 0 Å². The summed E-state index contributed by atoms with van der Waals surface area (Å²) in [6.07, 6.45) is 5.88. The van der Waals surface area contributed by atoms with Gasteiger partial charge >= 0.3 is 0 Å². The minimum Gasteiger partial charge on any atom is -0.373 e. The summed E-state index contributed by atoms with van der Waals surface area (Å²) in [5.41, 5.74) is 0. The lowest BCUT2D eigenvalue weighted by Gasteiger charge is -2.29. The van der Waals surface area contributed by atoms with Gasteiger partial charge in [-0.2, -0.15) is 0 Å². The lowest BCUT2D eigenvalue weighted by atomic mass is 10.0. The second-order valence-corrected chi connectivity index (χ2v) is 3.37. The summed E-state index contributed by atoms with van der Waals surface area (Å²) in [5.74, 6) is 0. The molecule has 0 N–H and O–H groups in total. The maximum absolute atomic E-state index is 5.61. The van der Waals surface area contributed by atoms with Crippen molar-refractivity contribution >= 4 is 6.21 Å². The Hall–Kier alpha value is -0.410. The van der Waals surface area contributed by atoms with Crippen LogP contribution in [-0.4, -0.2) is 38.1 Å². The maximum Gasteiger partial charge on any atom is 0.0939 e. The lowest BCUT2D eigenvalue weighted by Crippen LogP contribution is -2.41. The van der Waals surface area contributed by atoms with Gasteiger partial charge in [-0.1, -0.05) is 0 Å².